The average molecular weight is 665 g/mol. The highest BCUT2D eigenvalue weighted by molar-refractivity contribution is 9.10. The van der Waals surface area contributed by atoms with Crippen LogP contribution in [0.3, 0.4) is 0 Å². The molecule has 0 spiro atoms. The molecule has 1 aliphatic carbocycles. The molecular formula is C30H36BrF2N5O3S. The summed E-state index contributed by atoms with van der Waals surface area (Å²) in [7, 11) is -3.44. The Kier molecular flexibility index (Phi) is 7.95. The number of hydrogen-bond acceptors (Lipinski definition) is 5. The van der Waals surface area contributed by atoms with Gasteiger partial charge in [0.15, 0.2) is 6.04 Å². The van der Waals surface area contributed by atoms with E-state index in [1.165, 1.54) is 54.1 Å². The van der Waals surface area contributed by atoms with Gasteiger partial charge in [-0.1, -0.05) is 40.9 Å². The van der Waals surface area contributed by atoms with Crippen LogP contribution < -0.4 is 5.73 Å². The molecule has 42 heavy (non-hydrogen) atoms. The molecule has 2 aliphatic heterocycles. The summed E-state index contributed by atoms with van der Waals surface area (Å²) < 4.78 is 64.0. The number of hydrogen-bond donors (Lipinski definition) is 1. The van der Waals surface area contributed by atoms with E-state index in [-0.39, 0.29) is 23.0 Å². The van der Waals surface area contributed by atoms with Crippen molar-refractivity contribution in [2.75, 3.05) is 7.05 Å². The first-order chi connectivity index (χ1) is 20.0. The van der Waals surface area contributed by atoms with Gasteiger partial charge in [0.1, 0.15) is 0 Å². The first-order valence-corrected chi connectivity index (χ1v) is 16.9. The molecule has 3 heterocycles. The number of nitrogens with two attached hydrogens (primary N) is 1. The third-order valence-electron chi connectivity index (χ3n) is 9.39. The Morgan fingerprint density at radius 2 is 1.74 bits per heavy atom. The lowest BCUT2D eigenvalue weighted by molar-refractivity contribution is -0.154. The zero-order chi connectivity index (χ0) is 29.8. The van der Waals surface area contributed by atoms with Gasteiger partial charge in [0, 0.05) is 47.1 Å². The van der Waals surface area contributed by atoms with Crippen LogP contribution >= 0.6 is 15.9 Å². The summed E-state index contributed by atoms with van der Waals surface area (Å²) in [5, 5.41) is 5.09. The maximum absolute atomic E-state index is 16.4. The average Bonchev–Trinajstić information content (AvgIpc) is 3.67. The quantitative estimate of drug-likeness (QED) is 0.355. The van der Waals surface area contributed by atoms with Crippen molar-refractivity contribution >= 4 is 42.8 Å². The number of carbonyl (C=O) groups is 1. The number of fused-ring (bicyclic) bond motifs is 3. The van der Waals surface area contributed by atoms with E-state index in [1.54, 1.807) is 12.3 Å². The number of amides is 1. The van der Waals surface area contributed by atoms with Crippen molar-refractivity contribution in [2.45, 2.75) is 92.9 Å². The van der Waals surface area contributed by atoms with Gasteiger partial charge in [-0.05, 0) is 74.8 Å². The summed E-state index contributed by atoms with van der Waals surface area (Å²) in [5.74, 6) is -4.16. The number of sulfonamides is 1. The number of nitrogens with zero attached hydrogens (tertiary/aromatic N) is 4. The fourth-order valence-corrected chi connectivity index (χ4v) is 8.82. The molecule has 2 aromatic carbocycles. The van der Waals surface area contributed by atoms with E-state index in [0.717, 1.165) is 32.0 Å². The number of piperidine rings is 1. The fourth-order valence-electron chi connectivity index (χ4n) is 7.20. The van der Waals surface area contributed by atoms with Crippen molar-refractivity contribution in [1.82, 2.24) is 19.0 Å². The van der Waals surface area contributed by atoms with E-state index >= 15 is 8.78 Å². The predicted molar refractivity (Wildman–Crippen MR) is 159 cm³/mol. The van der Waals surface area contributed by atoms with Crippen molar-refractivity contribution in [3.8, 4) is 0 Å². The monoisotopic (exact) mass is 663 g/mol. The van der Waals surface area contributed by atoms with Crippen LogP contribution in [0.1, 0.15) is 56.9 Å². The van der Waals surface area contributed by atoms with E-state index in [0.29, 0.717) is 45.8 Å². The van der Waals surface area contributed by atoms with E-state index < -0.39 is 33.5 Å². The number of halogens is 3. The number of benzene rings is 2. The SMILES string of the molecule is CN(C(C(=O)N1C2CCC1CC(N)C2)C(F)(F)c1ccc(Br)cc1)S(=O)(=O)c1ccc2c(cnn2CC2CCCC2)c1. The summed E-state index contributed by atoms with van der Waals surface area (Å²) >= 11 is 3.26. The maximum Gasteiger partial charge on any atom is 0.298 e. The molecule has 8 nitrogen and oxygen atoms in total. The van der Waals surface area contributed by atoms with Gasteiger partial charge in [-0.25, -0.2) is 8.42 Å². The van der Waals surface area contributed by atoms with Crippen molar-refractivity contribution in [3.63, 3.8) is 0 Å². The molecule has 3 aromatic rings. The summed E-state index contributed by atoms with van der Waals surface area (Å²) in [6, 6.07) is 6.95. The summed E-state index contributed by atoms with van der Waals surface area (Å²) in [4.78, 5) is 15.5. The second-order valence-electron chi connectivity index (χ2n) is 12.1. The molecule has 0 radical (unpaired) electrons. The number of alkyl halides is 2. The summed E-state index contributed by atoms with van der Waals surface area (Å²) in [6.45, 7) is 0.757. The lowest BCUT2D eigenvalue weighted by Crippen LogP contribution is -2.61. The Hall–Kier alpha value is -2.41. The first-order valence-electron chi connectivity index (χ1n) is 14.6. The van der Waals surface area contributed by atoms with E-state index in [1.807, 2.05) is 4.68 Å². The van der Waals surface area contributed by atoms with E-state index in [4.69, 9.17) is 5.73 Å². The topological polar surface area (TPSA) is 102 Å². The Morgan fingerprint density at radius 1 is 1.10 bits per heavy atom. The fraction of sp³-hybridized carbons (Fsp3) is 0.533. The van der Waals surface area contributed by atoms with Gasteiger partial charge in [0.2, 0.25) is 15.9 Å². The molecule has 6 rings (SSSR count). The van der Waals surface area contributed by atoms with Gasteiger partial charge in [-0.3, -0.25) is 9.48 Å². The molecule has 1 amide bonds. The summed E-state index contributed by atoms with van der Waals surface area (Å²) in [6.07, 6.45) is 8.66. The molecule has 1 saturated carbocycles. The van der Waals surface area contributed by atoms with E-state index in [2.05, 4.69) is 21.0 Å². The number of aromatic nitrogens is 2. The van der Waals surface area contributed by atoms with Crippen molar-refractivity contribution in [2.24, 2.45) is 11.7 Å². The highest BCUT2D eigenvalue weighted by atomic mass is 79.9. The maximum atomic E-state index is 16.4. The van der Waals surface area contributed by atoms with Crippen LogP contribution in [0.15, 0.2) is 58.0 Å². The lowest BCUT2D eigenvalue weighted by Gasteiger charge is -2.42. The summed E-state index contributed by atoms with van der Waals surface area (Å²) in [5.41, 5.74) is 6.53. The molecule has 12 heteroatoms. The van der Waals surface area contributed by atoms with Crippen molar-refractivity contribution in [3.05, 3.63) is 58.7 Å². The van der Waals surface area contributed by atoms with Crippen LogP contribution in [0.5, 0.6) is 0 Å². The third kappa shape index (κ3) is 5.28. The van der Waals surface area contributed by atoms with Gasteiger partial charge < -0.3 is 10.6 Å². The Morgan fingerprint density at radius 3 is 2.38 bits per heavy atom. The van der Waals surface area contributed by atoms with Gasteiger partial charge in [-0.2, -0.15) is 18.2 Å². The highest BCUT2D eigenvalue weighted by Gasteiger charge is 2.56. The molecule has 3 fully saturated rings. The number of rotatable bonds is 8. The molecule has 2 N–H and O–H groups in total. The van der Waals surface area contributed by atoms with Crippen molar-refractivity contribution in [1.29, 1.82) is 0 Å². The molecule has 3 atom stereocenters. The Balaban J connectivity index is 1.36. The lowest BCUT2D eigenvalue weighted by atomic mass is 9.94. The molecule has 1 aromatic heterocycles. The largest absolute Gasteiger partial charge is 0.335 e. The van der Waals surface area contributed by atoms with Crippen LogP contribution in [0.25, 0.3) is 10.9 Å². The van der Waals surface area contributed by atoms with Crippen LogP contribution in [0, 0.1) is 5.92 Å². The first kappa shape index (κ1) is 29.7. The van der Waals surface area contributed by atoms with Crippen molar-refractivity contribution < 1.29 is 22.0 Å². The second kappa shape index (κ2) is 11.3. The smallest absolute Gasteiger partial charge is 0.298 e. The third-order valence-corrected chi connectivity index (χ3v) is 11.7. The van der Waals surface area contributed by atoms with Crippen LogP contribution in [0.2, 0.25) is 0 Å². The van der Waals surface area contributed by atoms with Gasteiger partial charge in [0.05, 0.1) is 16.6 Å². The standard InChI is InChI=1S/C30H36BrF2N5O3S/c1-36(42(40,41)26-12-13-27-20(14-26)17-35-37(27)18-19-4-2-3-5-19)28(30(32,33)21-6-8-22(31)9-7-21)29(39)38-24-10-11-25(38)16-23(34)15-24/h6-9,12-14,17,19,23-25,28H,2-5,10-11,15-16,18,34H2,1H3. The van der Waals surface area contributed by atoms with Crippen LogP contribution in [-0.2, 0) is 27.3 Å². The number of carbonyl (C=O) groups excluding carboxylic acids is 1. The molecule has 2 bridgehead atoms. The minimum Gasteiger partial charge on any atom is -0.335 e. The normalized spacial score (nSPS) is 24.1. The molecular weight excluding hydrogens is 628 g/mol. The Labute approximate surface area is 253 Å². The minimum atomic E-state index is -4.52. The minimum absolute atomic E-state index is 0.111. The Bertz CT molecular complexity index is 1560. The van der Waals surface area contributed by atoms with Gasteiger partial charge in [-0.15, -0.1) is 0 Å². The van der Waals surface area contributed by atoms with Crippen LogP contribution in [-0.4, -0.2) is 64.5 Å². The molecule has 3 aliphatic rings. The highest BCUT2D eigenvalue weighted by Crippen LogP contribution is 2.42. The zero-order valence-corrected chi connectivity index (χ0v) is 25.9. The molecule has 2 saturated heterocycles. The van der Waals surface area contributed by atoms with Gasteiger partial charge >= 0.3 is 0 Å². The van der Waals surface area contributed by atoms with Gasteiger partial charge in [0.25, 0.3) is 5.92 Å². The molecule has 226 valence electrons. The predicted octanol–water partition coefficient (Wildman–Crippen LogP) is 5.25. The zero-order valence-electron chi connectivity index (χ0n) is 23.5. The molecule has 3 unspecified atom stereocenters. The second-order valence-corrected chi connectivity index (χ2v) is 15.0. The van der Waals surface area contributed by atoms with E-state index in [9.17, 15) is 13.2 Å². The van der Waals surface area contributed by atoms with Crippen LogP contribution in [0.4, 0.5) is 8.78 Å². The number of likely N-dealkylation sites (N-methyl/N-ethyl adjacent to an activating group) is 1.